The van der Waals surface area contributed by atoms with Crippen LogP contribution < -0.4 is 5.32 Å². The van der Waals surface area contributed by atoms with Crippen LogP contribution in [0.3, 0.4) is 0 Å². The molecule has 2 atom stereocenters. The molecule has 0 radical (unpaired) electrons. The highest BCUT2D eigenvalue weighted by molar-refractivity contribution is 5.83. The Bertz CT molecular complexity index is 702. The number of aliphatic hydroxyl groups is 1. The number of ether oxygens (including phenoxy) is 1. The predicted octanol–water partition coefficient (Wildman–Crippen LogP) is 2.52. The summed E-state index contributed by atoms with van der Waals surface area (Å²) in [7, 11) is 0. The first-order valence-electron chi connectivity index (χ1n) is 8.41. The van der Waals surface area contributed by atoms with Gasteiger partial charge in [-0.1, -0.05) is 36.4 Å². The van der Waals surface area contributed by atoms with Crippen molar-refractivity contribution < 1.29 is 14.6 Å². The van der Waals surface area contributed by atoms with Crippen LogP contribution in [-0.2, 0) is 11.3 Å². The van der Waals surface area contributed by atoms with Gasteiger partial charge in [0, 0.05) is 13.1 Å². The fourth-order valence-electron chi connectivity index (χ4n) is 3.14. The van der Waals surface area contributed by atoms with Crippen LogP contribution in [0.5, 0.6) is 0 Å². The van der Waals surface area contributed by atoms with Gasteiger partial charge in [0.25, 0.3) is 0 Å². The van der Waals surface area contributed by atoms with Gasteiger partial charge in [-0.15, -0.1) is 0 Å². The molecule has 0 unspecified atom stereocenters. The fraction of sp³-hybridized carbons (Fsp3) is 0.421. The maximum atomic E-state index is 12.5. The van der Waals surface area contributed by atoms with Gasteiger partial charge in [0.1, 0.15) is 0 Å². The summed E-state index contributed by atoms with van der Waals surface area (Å²) in [5.41, 5.74) is 1.07. The number of nitrogens with one attached hydrogen (secondary N) is 1. The number of hydrogen-bond donors (Lipinski definition) is 2. The Morgan fingerprint density at radius 1 is 1.33 bits per heavy atom. The molecule has 1 aliphatic heterocycles. The minimum absolute atomic E-state index is 0.0737. The molecule has 1 aliphatic rings. The number of fused-ring (bicyclic) bond motifs is 1. The van der Waals surface area contributed by atoms with Gasteiger partial charge in [-0.25, -0.2) is 4.79 Å². The smallest absolute Gasteiger partial charge is 0.318 e. The summed E-state index contributed by atoms with van der Waals surface area (Å²) < 4.78 is 5.44. The molecule has 5 heteroatoms. The molecule has 0 spiro atoms. The van der Waals surface area contributed by atoms with Gasteiger partial charge in [-0.3, -0.25) is 0 Å². The van der Waals surface area contributed by atoms with Gasteiger partial charge in [0.05, 0.1) is 25.4 Å². The average molecular weight is 328 g/mol. The Hall–Kier alpha value is -2.11. The van der Waals surface area contributed by atoms with E-state index in [0.29, 0.717) is 32.7 Å². The summed E-state index contributed by atoms with van der Waals surface area (Å²) in [5, 5.41) is 14.9. The molecular formula is C19H24N2O3. The lowest BCUT2D eigenvalue weighted by Gasteiger charge is -2.36. The minimum atomic E-state index is -0.451. The number of hydrogen-bond acceptors (Lipinski definition) is 3. The maximum absolute atomic E-state index is 12.5. The van der Waals surface area contributed by atoms with Crippen LogP contribution in [-0.4, -0.2) is 47.9 Å². The van der Waals surface area contributed by atoms with Crippen molar-refractivity contribution in [3.05, 3.63) is 48.0 Å². The third-order valence-corrected chi connectivity index (χ3v) is 4.36. The van der Waals surface area contributed by atoms with E-state index in [2.05, 4.69) is 29.6 Å². The number of rotatable bonds is 4. The van der Waals surface area contributed by atoms with E-state index in [9.17, 15) is 9.90 Å². The van der Waals surface area contributed by atoms with Gasteiger partial charge in [-0.05, 0) is 35.7 Å². The number of morpholine rings is 1. The third-order valence-electron chi connectivity index (χ3n) is 4.36. The first kappa shape index (κ1) is 16.7. The molecule has 3 rings (SSSR count). The van der Waals surface area contributed by atoms with Crippen molar-refractivity contribution in [3.63, 3.8) is 0 Å². The molecule has 2 amide bonds. The third kappa shape index (κ3) is 4.04. The van der Waals surface area contributed by atoms with E-state index in [1.807, 2.05) is 18.2 Å². The highest BCUT2D eigenvalue weighted by Gasteiger charge is 2.28. The van der Waals surface area contributed by atoms with Crippen LogP contribution in [0, 0.1) is 0 Å². The summed E-state index contributed by atoms with van der Waals surface area (Å²) in [4.78, 5) is 14.3. The lowest BCUT2D eigenvalue weighted by Crippen LogP contribution is -2.53. The van der Waals surface area contributed by atoms with Crippen molar-refractivity contribution >= 4 is 16.8 Å². The molecule has 0 saturated carbocycles. The Morgan fingerprint density at radius 2 is 2.12 bits per heavy atom. The van der Waals surface area contributed by atoms with E-state index in [1.165, 1.54) is 10.8 Å². The number of carbonyl (C=O) groups excluding carboxylic acids is 1. The van der Waals surface area contributed by atoms with Gasteiger partial charge < -0.3 is 20.1 Å². The van der Waals surface area contributed by atoms with Crippen molar-refractivity contribution in [2.45, 2.75) is 32.0 Å². The molecule has 1 saturated heterocycles. The quantitative estimate of drug-likeness (QED) is 0.906. The number of urea groups is 1. The van der Waals surface area contributed by atoms with Gasteiger partial charge in [0.2, 0.25) is 0 Å². The number of aliphatic hydroxyl groups excluding tert-OH is 1. The van der Waals surface area contributed by atoms with Crippen LogP contribution in [0.1, 0.15) is 18.9 Å². The second-order valence-corrected chi connectivity index (χ2v) is 6.35. The van der Waals surface area contributed by atoms with Crippen LogP contribution in [0.25, 0.3) is 10.8 Å². The molecule has 2 aromatic rings. The van der Waals surface area contributed by atoms with Gasteiger partial charge >= 0.3 is 6.03 Å². The normalized spacial score (nSPS) is 19.2. The number of benzene rings is 2. The molecule has 2 N–H and O–H groups in total. The van der Waals surface area contributed by atoms with Crippen LogP contribution in [0.15, 0.2) is 42.5 Å². The standard InChI is InChI=1S/C19H24N2O3/c1-14(22)10-18-13-24-9-8-21(18)19(23)20-12-15-6-7-16-4-2-3-5-17(16)11-15/h2-7,11,14,18,22H,8-10,12-13H2,1H3,(H,20,23)/t14-,18+/m1/s1. The Balaban J connectivity index is 1.62. The number of nitrogens with zero attached hydrogens (tertiary/aromatic N) is 1. The molecule has 2 aromatic carbocycles. The SMILES string of the molecule is C[C@@H](O)C[C@H]1COCCN1C(=O)NCc1ccc2ccccc2c1. The molecule has 0 aromatic heterocycles. The fourth-order valence-corrected chi connectivity index (χ4v) is 3.14. The highest BCUT2D eigenvalue weighted by atomic mass is 16.5. The monoisotopic (exact) mass is 328 g/mol. The van der Waals surface area contributed by atoms with E-state index in [-0.39, 0.29) is 12.1 Å². The van der Waals surface area contributed by atoms with E-state index >= 15 is 0 Å². The maximum Gasteiger partial charge on any atom is 0.318 e. The molecule has 1 fully saturated rings. The molecular weight excluding hydrogens is 304 g/mol. The van der Waals surface area contributed by atoms with Crippen molar-refractivity contribution in [2.24, 2.45) is 0 Å². The lowest BCUT2D eigenvalue weighted by atomic mass is 10.1. The summed E-state index contributed by atoms with van der Waals surface area (Å²) in [6.45, 7) is 3.80. The summed E-state index contributed by atoms with van der Waals surface area (Å²) >= 11 is 0. The molecule has 0 bridgehead atoms. The van der Waals surface area contributed by atoms with Crippen molar-refractivity contribution in [2.75, 3.05) is 19.8 Å². The van der Waals surface area contributed by atoms with E-state index in [4.69, 9.17) is 4.74 Å². The topological polar surface area (TPSA) is 61.8 Å². The summed E-state index contributed by atoms with van der Waals surface area (Å²) in [5.74, 6) is 0. The first-order valence-corrected chi connectivity index (χ1v) is 8.41. The molecule has 128 valence electrons. The predicted molar refractivity (Wildman–Crippen MR) is 93.8 cm³/mol. The lowest BCUT2D eigenvalue weighted by molar-refractivity contribution is -0.00437. The van der Waals surface area contributed by atoms with E-state index in [1.54, 1.807) is 11.8 Å². The highest BCUT2D eigenvalue weighted by Crippen LogP contribution is 2.16. The summed E-state index contributed by atoms with van der Waals surface area (Å²) in [6, 6.07) is 14.2. The van der Waals surface area contributed by atoms with Crippen molar-refractivity contribution in [3.8, 4) is 0 Å². The Labute approximate surface area is 142 Å². The minimum Gasteiger partial charge on any atom is -0.393 e. The van der Waals surface area contributed by atoms with Crippen molar-refractivity contribution in [1.29, 1.82) is 0 Å². The Kier molecular flexibility index (Phi) is 5.33. The number of amides is 2. The van der Waals surface area contributed by atoms with Gasteiger partial charge in [0.15, 0.2) is 0 Å². The molecule has 24 heavy (non-hydrogen) atoms. The van der Waals surface area contributed by atoms with E-state index < -0.39 is 6.10 Å². The van der Waals surface area contributed by atoms with Crippen molar-refractivity contribution in [1.82, 2.24) is 10.2 Å². The zero-order chi connectivity index (χ0) is 16.9. The zero-order valence-electron chi connectivity index (χ0n) is 13.9. The second-order valence-electron chi connectivity index (χ2n) is 6.35. The molecule has 0 aliphatic carbocycles. The zero-order valence-corrected chi connectivity index (χ0v) is 13.9. The van der Waals surface area contributed by atoms with Crippen LogP contribution in [0.2, 0.25) is 0 Å². The first-order chi connectivity index (χ1) is 11.6. The van der Waals surface area contributed by atoms with Gasteiger partial charge in [-0.2, -0.15) is 0 Å². The average Bonchev–Trinajstić information content (AvgIpc) is 2.59. The van der Waals surface area contributed by atoms with Crippen LogP contribution >= 0.6 is 0 Å². The molecule has 1 heterocycles. The van der Waals surface area contributed by atoms with Crippen LogP contribution in [0.4, 0.5) is 4.79 Å². The summed E-state index contributed by atoms with van der Waals surface area (Å²) in [6.07, 6.45) is 0.0797. The van der Waals surface area contributed by atoms with E-state index in [0.717, 1.165) is 5.56 Å². The molecule has 5 nitrogen and oxygen atoms in total. The second kappa shape index (κ2) is 7.64. The largest absolute Gasteiger partial charge is 0.393 e. The Morgan fingerprint density at radius 3 is 2.92 bits per heavy atom. The number of carbonyl (C=O) groups is 1.